The highest BCUT2D eigenvalue weighted by Gasteiger charge is 2.22. The SMILES string of the molecule is O=C(c1cc(=O)c2ccccc2o1)N1CCCC1. The van der Waals surface area contributed by atoms with Crippen LogP contribution in [0.3, 0.4) is 0 Å². The Morgan fingerprint density at radius 3 is 2.67 bits per heavy atom. The lowest BCUT2D eigenvalue weighted by atomic mass is 10.2. The van der Waals surface area contributed by atoms with E-state index < -0.39 is 0 Å². The van der Waals surface area contributed by atoms with Crippen molar-refractivity contribution >= 4 is 16.9 Å². The van der Waals surface area contributed by atoms with Crippen LogP contribution in [0.25, 0.3) is 11.0 Å². The van der Waals surface area contributed by atoms with E-state index in [1.54, 1.807) is 29.2 Å². The number of hydrogen-bond acceptors (Lipinski definition) is 3. The maximum atomic E-state index is 12.1. The van der Waals surface area contributed by atoms with Crippen LogP contribution in [-0.4, -0.2) is 23.9 Å². The molecule has 1 aliphatic rings. The van der Waals surface area contributed by atoms with E-state index in [9.17, 15) is 9.59 Å². The van der Waals surface area contributed by atoms with Crippen molar-refractivity contribution in [2.24, 2.45) is 0 Å². The van der Waals surface area contributed by atoms with Crippen molar-refractivity contribution in [3.63, 3.8) is 0 Å². The van der Waals surface area contributed by atoms with Crippen molar-refractivity contribution in [3.05, 3.63) is 46.3 Å². The minimum Gasteiger partial charge on any atom is -0.451 e. The smallest absolute Gasteiger partial charge is 0.289 e. The summed E-state index contributed by atoms with van der Waals surface area (Å²) in [5.41, 5.74) is 0.298. The third-order valence-electron chi connectivity index (χ3n) is 3.24. The number of hydrogen-bond donors (Lipinski definition) is 0. The number of fused-ring (bicyclic) bond motifs is 1. The number of para-hydroxylation sites is 1. The van der Waals surface area contributed by atoms with Gasteiger partial charge >= 0.3 is 0 Å². The van der Waals surface area contributed by atoms with Crippen molar-refractivity contribution in [2.45, 2.75) is 12.8 Å². The second-order valence-corrected chi connectivity index (χ2v) is 4.47. The molecule has 92 valence electrons. The quantitative estimate of drug-likeness (QED) is 0.770. The minimum atomic E-state index is -0.185. The van der Waals surface area contributed by atoms with Gasteiger partial charge < -0.3 is 9.32 Å². The molecule has 0 saturated carbocycles. The average molecular weight is 243 g/mol. The molecule has 0 unspecified atom stereocenters. The van der Waals surface area contributed by atoms with Gasteiger partial charge in [-0.15, -0.1) is 0 Å². The molecule has 1 aliphatic heterocycles. The fourth-order valence-electron chi connectivity index (χ4n) is 2.29. The highest BCUT2D eigenvalue weighted by molar-refractivity contribution is 5.93. The number of likely N-dealkylation sites (tertiary alicyclic amines) is 1. The Morgan fingerprint density at radius 2 is 1.89 bits per heavy atom. The van der Waals surface area contributed by atoms with Crippen molar-refractivity contribution in [2.75, 3.05) is 13.1 Å². The van der Waals surface area contributed by atoms with Gasteiger partial charge in [0.05, 0.1) is 5.39 Å². The molecule has 4 heteroatoms. The normalized spacial score (nSPS) is 15.2. The van der Waals surface area contributed by atoms with Crippen molar-refractivity contribution in [3.8, 4) is 0 Å². The number of carbonyl (C=O) groups is 1. The molecule has 0 bridgehead atoms. The number of amides is 1. The van der Waals surface area contributed by atoms with Gasteiger partial charge in [-0.05, 0) is 25.0 Å². The van der Waals surface area contributed by atoms with E-state index >= 15 is 0 Å². The summed E-state index contributed by atoms with van der Waals surface area (Å²) < 4.78 is 5.53. The van der Waals surface area contributed by atoms with E-state index in [1.165, 1.54) is 6.07 Å². The van der Waals surface area contributed by atoms with Gasteiger partial charge in [0.2, 0.25) is 0 Å². The minimum absolute atomic E-state index is 0.139. The van der Waals surface area contributed by atoms with Crippen LogP contribution >= 0.6 is 0 Å². The summed E-state index contributed by atoms with van der Waals surface area (Å²) in [4.78, 5) is 25.8. The Bertz CT molecular complexity index is 653. The first-order valence-electron chi connectivity index (χ1n) is 6.08. The molecule has 4 nitrogen and oxygen atoms in total. The van der Waals surface area contributed by atoms with Crippen molar-refractivity contribution in [1.29, 1.82) is 0 Å². The van der Waals surface area contributed by atoms with E-state index in [0.717, 1.165) is 25.9 Å². The topological polar surface area (TPSA) is 50.5 Å². The van der Waals surface area contributed by atoms with Crippen LogP contribution in [0.15, 0.2) is 39.5 Å². The number of carbonyl (C=O) groups excluding carboxylic acids is 1. The lowest BCUT2D eigenvalue weighted by Gasteiger charge is -2.14. The van der Waals surface area contributed by atoms with Gasteiger partial charge in [-0.25, -0.2) is 0 Å². The van der Waals surface area contributed by atoms with Crippen LogP contribution in [0.1, 0.15) is 23.4 Å². The Morgan fingerprint density at radius 1 is 1.17 bits per heavy atom. The van der Waals surface area contributed by atoms with E-state index in [-0.39, 0.29) is 17.1 Å². The van der Waals surface area contributed by atoms with Gasteiger partial charge in [0.1, 0.15) is 5.58 Å². The monoisotopic (exact) mass is 243 g/mol. The summed E-state index contributed by atoms with van der Waals surface area (Å²) in [6.07, 6.45) is 2.03. The van der Waals surface area contributed by atoms with Gasteiger partial charge in [0.15, 0.2) is 11.2 Å². The summed E-state index contributed by atoms with van der Waals surface area (Å²) in [7, 11) is 0. The largest absolute Gasteiger partial charge is 0.451 e. The average Bonchev–Trinajstić information content (AvgIpc) is 2.91. The van der Waals surface area contributed by atoms with Crippen LogP contribution in [0.2, 0.25) is 0 Å². The number of benzene rings is 1. The standard InChI is InChI=1S/C14H13NO3/c16-11-9-13(14(17)15-7-3-4-8-15)18-12-6-2-1-5-10(11)12/h1-2,5-6,9H,3-4,7-8H2. The maximum Gasteiger partial charge on any atom is 0.289 e. The molecule has 0 N–H and O–H groups in total. The molecular formula is C14H13NO3. The van der Waals surface area contributed by atoms with Crippen LogP contribution in [-0.2, 0) is 0 Å². The molecule has 0 radical (unpaired) electrons. The third kappa shape index (κ3) is 1.79. The second kappa shape index (κ2) is 4.29. The Kier molecular flexibility index (Phi) is 2.63. The first-order valence-corrected chi connectivity index (χ1v) is 6.08. The summed E-state index contributed by atoms with van der Waals surface area (Å²) >= 11 is 0. The molecule has 0 atom stereocenters. The van der Waals surface area contributed by atoms with Crippen LogP contribution in [0, 0.1) is 0 Å². The fraction of sp³-hybridized carbons (Fsp3) is 0.286. The van der Waals surface area contributed by atoms with Gasteiger partial charge in [-0.3, -0.25) is 9.59 Å². The van der Waals surface area contributed by atoms with E-state index in [1.807, 2.05) is 0 Å². The van der Waals surface area contributed by atoms with Crippen LogP contribution in [0.5, 0.6) is 0 Å². The lowest BCUT2D eigenvalue weighted by molar-refractivity contribution is 0.0762. The van der Waals surface area contributed by atoms with Crippen LogP contribution < -0.4 is 5.43 Å². The Labute approximate surface area is 104 Å². The lowest BCUT2D eigenvalue weighted by Crippen LogP contribution is -2.28. The van der Waals surface area contributed by atoms with Gasteiger partial charge in [0, 0.05) is 19.2 Å². The molecule has 18 heavy (non-hydrogen) atoms. The first-order chi connectivity index (χ1) is 8.75. The molecule has 0 aliphatic carbocycles. The molecule has 1 saturated heterocycles. The predicted molar refractivity (Wildman–Crippen MR) is 67.6 cm³/mol. The molecule has 1 amide bonds. The molecule has 2 aromatic rings. The zero-order chi connectivity index (χ0) is 12.5. The predicted octanol–water partition coefficient (Wildman–Crippen LogP) is 2.03. The van der Waals surface area contributed by atoms with Crippen molar-refractivity contribution in [1.82, 2.24) is 4.90 Å². The summed E-state index contributed by atoms with van der Waals surface area (Å²) in [5, 5.41) is 0.510. The summed E-state index contributed by atoms with van der Waals surface area (Å²) in [5.74, 6) is -0.0454. The van der Waals surface area contributed by atoms with E-state index in [4.69, 9.17) is 4.42 Å². The number of nitrogens with zero attached hydrogens (tertiary/aromatic N) is 1. The fourth-order valence-corrected chi connectivity index (χ4v) is 2.29. The van der Waals surface area contributed by atoms with E-state index in [0.29, 0.717) is 11.0 Å². The Hall–Kier alpha value is -2.10. The molecule has 3 rings (SSSR count). The molecule has 2 heterocycles. The third-order valence-corrected chi connectivity index (χ3v) is 3.24. The summed E-state index contributed by atoms with van der Waals surface area (Å²) in [6, 6.07) is 8.27. The maximum absolute atomic E-state index is 12.1. The molecule has 0 spiro atoms. The highest BCUT2D eigenvalue weighted by Crippen LogP contribution is 2.16. The van der Waals surface area contributed by atoms with E-state index in [2.05, 4.69) is 0 Å². The molecule has 1 fully saturated rings. The van der Waals surface area contributed by atoms with Crippen molar-refractivity contribution < 1.29 is 9.21 Å². The highest BCUT2D eigenvalue weighted by atomic mass is 16.3. The van der Waals surface area contributed by atoms with Gasteiger partial charge in [-0.2, -0.15) is 0 Å². The van der Waals surface area contributed by atoms with Crippen LogP contribution in [0.4, 0.5) is 0 Å². The van der Waals surface area contributed by atoms with Gasteiger partial charge in [-0.1, -0.05) is 12.1 Å². The molecule has 1 aromatic heterocycles. The molecule has 1 aromatic carbocycles. The Balaban J connectivity index is 2.07. The molecular weight excluding hydrogens is 230 g/mol. The zero-order valence-corrected chi connectivity index (χ0v) is 9.89. The first kappa shape index (κ1) is 11.0. The number of rotatable bonds is 1. The van der Waals surface area contributed by atoms with Gasteiger partial charge in [0.25, 0.3) is 5.91 Å². The zero-order valence-electron chi connectivity index (χ0n) is 9.89. The summed E-state index contributed by atoms with van der Waals surface area (Å²) in [6.45, 7) is 1.49. The second-order valence-electron chi connectivity index (χ2n) is 4.47.